The Bertz CT molecular complexity index is 164. The van der Waals surface area contributed by atoms with E-state index in [1.807, 2.05) is 19.1 Å². The summed E-state index contributed by atoms with van der Waals surface area (Å²) in [5, 5.41) is 0. The summed E-state index contributed by atoms with van der Waals surface area (Å²) in [6, 6.07) is 0. The van der Waals surface area contributed by atoms with E-state index in [4.69, 9.17) is 0 Å². The van der Waals surface area contributed by atoms with Gasteiger partial charge in [0.15, 0.2) is 0 Å². The Balaban J connectivity index is 4.03. The van der Waals surface area contributed by atoms with Crippen LogP contribution < -0.4 is 0 Å². The molecule has 0 heterocycles. The molecule has 0 aromatic heterocycles. The molecule has 0 saturated carbocycles. The predicted octanol–water partition coefficient (Wildman–Crippen LogP) is 3.48. The molecular formula is C10H16. The van der Waals surface area contributed by atoms with Crippen molar-refractivity contribution >= 4 is 0 Å². The maximum Gasteiger partial charge on any atom is -0.0398 e. The molecule has 0 radical (unpaired) electrons. The highest BCUT2D eigenvalue weighted by atomic mass is 13.9. The van der Waals surface area contributed by atoms with Gasteiger partial charge in [0.05, 0.1) is 0 Å². The van der Waals surface area contributed by atoms with Crippen LogP contribution in [-0.2, 0) is 0 Å². The SMILES string of the molecule is C/C=C/C=C\C(C)=C(C)C. The largest absolute Gasteiger partial charge is 0.0877 e. The van der Waals surface area contributed by atoms with Gasteiger partial charge in [-0.05, 0) is 27.7 Å². The molecule has 0 aliphatic heterocycles. The van der Waals surface area contributed by atoms with Crippen LogP contribution in [0.1, 0.15) is 27.7 Å². The average Bonchev–Trinajstić information content (AvgIpc) is 1.88. The smallest absolute Gasteiger partial charge is 0.0398 e. The Morgan fingerprint density at radius 1 is 1.00 bits per heavy atom. The van der Waals surface area contributed by atoms with E-state index >= 15 is 0 Å². The quantitative estimate of drug-likeness (QED) is 0.510. The van der Waals surface area contributed by atoms with Crippen molar-refractivity contribution in [2.75, 3.05) is 0 Å². The fourth-order valence-corrected chi connectivity index (χ4v) is 0.478. The van der Waals surface area contributed by atoms with Gasteiger partial charge in [0.25, 0.3) is 0 Å². The van der Waals surface area contributed by atoms with E-state index in [1.165, 1.54) is 11.1 Å². The van der Waals surface area contributed by atoms with Gasteiger partial charge in [-0.2, -0.15) is 0 Å². The molecule has 0 heteroatoms. The molecule has 10 heavy (non-hydrogen) atoms. The molecule has 0 bridgehead atoms. The summed E-state index contributed by atoms with van der Waals surface area (Å²) in [5.41, 5.74) is 2.72. The molecule has 0 amide bonds. The van der Waals surface area contributed by atoms with E-state index in [1.54, 1.807) is 0 Å². The third-order valence-corrected chi connectivity index (χ3v) is 1.44. The molecule has 0 aromatic carbocycles. The van der Waals surface area contributed by atoms with E-state index in [2.05, 4.69) is 32.9 Å². The summed E-state index contributed by atoms with van der Waals surface area (Å²) in [6.45, 7) is 8.38. The van der Waals surface area contributed by atoms with E-state index in [-0.39, 0.29) is 0 Å². The number of rotatable bonds is 2. The van der Waals surface area contributed by atoms with Crippen molar-refractivity contribution in [2.24, 2.45) is 0 Å². The predicted molar refractivity (Wildman–Crippen MR) is 48.0 cm³/mol. The van der Waals surface area contributed by atoms with Gasteiger partial charge in [0.1, 0.15) is 0 Å². The summed E-state index contributed by atoms with van der Waals surface area (Å²) < 4.78 is 0. The topological polar surface area (TPSA) is 0 Å². The second-order valence-electron chi connectivity index (χ2n) is 2.57. The van der Waals surface area contributed by atoms with Crippen molar-refractivity contribution < 1.29 is 0 Å². The van der Waals surface area contributed by atoms with Crippen LogP contribution in [0.4, 0.5) is 0 Å². The molecule has 56 valence electrons. The fourth-order valence-electron chi connectivity index (χ4n) is 0.478. The van der Waals surface area contributed by atoms with Crippen LogP contribution in [0.15, 0.2) is 35.5 Å². The highest BCUT2D eigenvalue weighted by Crippen LogP contribution is 2.02. The van der Waals surface area contributed by atoms with Crippen molar-refractivity contribution in [3.63, 3.8) is 0 Å². The first-order chi connectivity index (χ1) is 4.68. The number of hydrogen-bond acceptors (Lipinski definition) is 0. The molecule has 0 atom stereocenters. The average molecular weight is 136 g/mol. The van der Waals surface area contributed by atoms with Crippen LogP contribution in [0.25, 0.3) is 0 Å². The maximum absolute atomic E-state index is 2.12. The standard InChI is InChI=1S/C10H16/c1-5-6-7-8-10(4)9(2)3/h5-8H,1-4H3/b6-5+,8-7-. The summed E-state index contributed by atoms with van der Waals surface area (Å²) in [6.07, 6.45) is 8.24. The van der Waals surface area contributed by atoms with Gasteiger partial charge >= 0.3 is 0 Å². The molecular weight excluding hydrogens is 120 g/mol. The normalized spacial score (nSPS) is 11.2. The lowest BCUT2D eigenvalue weighted by Crippen LogP contribution is -1.71. The molecule has 0 nitrogen and oxygen atoms in total. The zero-order valence-corrected chi connectivity index (χ0v) is 7.31. The van der Waals surface area contributed by atoms with Crippen molar-refractivity contribution in [3.8, 4) is 0 Å². The maximum atomic E-state index is 2.12. The van der Waals surface area contributed by atoms with Crippen LogP contribution in [0.5, 0.6) is 0 Å². The zero-order valence-electron chi connectivity index (χ0n) is 7.31. The molecule has 0 aliphatic carbocycles. The van der Waals surface area contributed by atoms with Crippen molar-refractivity contribution in [1.82, 2.24) is 0 Å². The second kappa shape index (κ2) is 5.04. The molecule has 0 N–H and O–H groups in total. The fraction of sp³-hybridized carbons (Fsp3) is 0.400. The van der Waals surface area contributed by atoms with Gasteiger partial charge in [-0.25, -0.2) is 0 Å². The van der Waals surface area contributed by atoms with Crippen molar-refractivity contribution in [3.05, 3.63) is 35.5 Å². The Morgan fingerprint density at radius 3 is 2.00 bits per heavy atom. The minimum atomic E-state index is 1.35. The van der Waals surface area contributed by atoms with Crippen LogP contribution in [0, 0.1) is 0 Å². The highest BCUT2D eigenvalue weighted by Gasteiger charge is 1.81. The zero-order chi connectivity index (χ0) is 7.98. The van der Waals surface area contributed by atoms with Gasteiger partial charge in [-0.3, -0.25) is 0 Å². The van der Waals surface area contributed by atoms with Gasteiger partial charge < -0.3 is 0 Å². The first kappa shape index (κ1) is 9.22. The van der Waals surface area contributed by atoms with Gasteiger partial charge in [-0.1, -0.05) is 35.5 Å². The van der Waals surface area contributed by atoms with E-state index in [0.717, 1.165) is 0 Å². The summed E-state index contributed by atoms with van der Waals surface area (Å²) in [7, 11) is 0. The molecule has 0 saturated heterocycles. The van der Waals surface area contributed by atoms with Gasteiger partial charge in [0, 0.05) is 0 Å². The van der Waals surface area contributed by atoms with Crippen LogP contribution in [-0.4, -0.2) is 0 Å². The second-order valence-corrected chi connectivity index (χ2v) is 2.57. The Labute approximate surface area is 64.0 Å². The molecule has 0 rings (SSSR count). The molecule has 0 aromatic rings. The number of allylic oxidation sites excluding steroid dienone is 6. The lowest BCUT2D eigenvalue weighted by molar-refractivity contribution is 1.29. The molecule has 0 fully saturated rings. The van der Waals surface area contributed by atoms with Gasteiger partial charge in [0.2, 0.25) is 0 Å². The van der Waals surface area contributed by atoms with Crippen molar-refractivity contribution in [2.45, 2.75) is 27.7 Å². The molecule has 0 aliphatic rings. The monoisotopic (exact) mass is 136 g/mol. The third-order valence-electron chi connectivity index (χ3n) is 1.44. The minimum absolute atomic E-state index is 1.35. The Kier molecular flexibility index (Phi) is 4.65. The van der Waals surface area contributed by atoms with Crippen LogP contribution in [0.3, 0.4) is 0 Å². The van der Waals surface area contributed by atoms with Crippen molar-refractivity contribution in [1.29, 1.82) is 0 Å². The molecule has 0 spiro atoms. The van der Waals surface area contributed by atoms with E-state index in [0.29, 0.717) is 0 Å². The van der Waals surface area contributed by atoms with Crippen LogP contribution >= 0.6 is 0 Å². The summed E-state index contributed by atoms with van der Waals surface area (Å²) in [4.78, 5) is 0. The first-order valence-electron chi connectivity index (χ1n) is 3.62. The number of hydrogen-bond donors (Lipinski definition) is 0. The molecule has 0 unspecified atom stereocenters. The summed E-state index contributed by atoms with van der Waals surface area (Å²) >= 11 is 0. The summed E-state index contributed by atoms with van der Waals surface area (Å²) in [5.74, 6) is 0. The Morgan fingerprint density at radius 2 is 1.60 bits per heavy atom. The first-order valence-corrected chi connectivity index (χ1v) is 3.62. The lowest BCUT2D eigenvalue weighted by atomic mass is 10.1. The van der Waals surface area contributed by atoms with E-state index < -0.39 is 0 Å². The Hall–Kier alpha value is -0.780. The minimum Gasteiger partial charge on any atom is -0.0877 e. The lowest BCUT2D eigenvalue weighted by Gasteiger charge is -1.92. The van der Waals surface area contributed by atoms with Crippen LogP contribution in [0.2, 0.25) is 0 Å². The highest BCUT2D eigenvalue weighted by molar-refractivity contribution is 5.23. The third kappa shape index (κ3) is 4.13. The van der Waals surface area contributed by atoms with E-state index in [9.17, 15) is 0 Å². The van der Waals surface area contributed by atoms with Gasteiger partial charge in [-0.15, -0.1) is 0 Å².